The second-order valence-corrected chi connectivity index (χ2v) is 4.17. The van der Waals surface area contributed by atoms with Crippen LogP contribution in [0.5, 0.6) is 0 Å². The molecule has 82 valence electrons. The van der Waals surface area contributed by atoms with Gasteiger partial charge in [0.05, 0.1) is 0 Å². The van der Waals surface area contributed by atoms with Crippen molar-refractivity contribution in [2.45, 2.75) is 59.0 Å². The Morgan fingerprint density at radius 1 is 1.36 bits per heavy atom. The predicted molar refractivity (Wildman–Crippen MR) is 59.1 cm³/mol. The van der Waals surface area contributed by atoms with Crippen molar-refractivity contribution in [3.63, 3.8) is 0 Å². The van der Waals surface area contributed by atoms with Crippen LogP contribution in [0.3, 0.4) is 0 Å². The van der Waals surface area contributed by atoms with Crippen molar-refractivity contribution in [2.75, 3.05) is 0 Å². The van der Waals surface area contributed by atoms with Crippen molar-refractivity contribution in [3.05, 3.63) is 12.2 Å². The van der Waals surface area contributed by atoms with E-state index in [-0.39, 0.29) is 11.6 Å². The smallest absolute Gasteiger partial charge is 0.303 e. The van der Waals surface area contributed by atoms with Gasteiger partial charge in [-0.3, -0.25) is 4.79 Å². The average molecular weight is 198 g/mol. The third-order valence-corrected chi connectivity index (χ3v) is 2.06. The lowest BCUT2D eigenvalue weighted by atomic mass is 10.0. The van der Waals surface area contributed by atoms with Gasteiger partial charge in [0.1, 0.15) is 5.60 Å². The van der Waals surface area contributed by atoms with Gasteiger partial charge < -0.3 is 4.74 Å². The van der Waals surface area contributed by atoms with Crippen LogP contribution in [0.25, 0.3) is 0 Å². The molecule has 0 N–H and O–H groups in total. The highest BCUT2D eigenvalue weighted by Gasteiger charge is 2.19. The van der Waals surface area contributed by atoms with Gasteiger partial charge in [-0.15, -0.1) is 0 Å². The SMILES string of the molecule is CC=CCCCCC(C)(C)OC(C)=O. The van der Waals surface area contributed by atoms with Crippen LogP contribution < -0.4 is 0 Å². The van der Waals surface area contributed by atoms with Gasteiger partial charge in [0, 0.05) is 6.92 Å². The van der Waals surface area contributed by atoms with Gasteiger partial charge in [-0.1, -0.05) is 12.2 Å². The van der Waals surface area contributed by atoms with Crippen molar-refractivity contribution in [3.8, 4) is 0 Å². The van der Waals surface area contributed by atoms with Crippen LogP contribution in [0, 0.1) is 0 Å². The predicted octanol–water partition coefficient (Wildman–Crippen LogP) is 3.46. The fourth-order valence-electron chi connectivity index (χ4n) is 1.42. The first kappa shape index (κ1) is 13.2. The van der Waals surface area contributed by atoms with Crippen molar-refractivity contribution < 1.29 is 9.53 Å². The van der Waals surface area contributed by atoms with E-state index in [2.05, 4.69) is 12.2 Å². The first-order valence-electron chi connectivity index (χ1n) is 5.28. The summed E-state index contributed by atoms with van der Waals surface area (Å²) in [6, 6.07) is 0. The summed E-state index contributed by atoms with van der Waals surface area (Å²) in [6.07, 6.45) is 8.55. The molecule has 0 heterocycles. The summed E-state index contributed by atoms with van der Waals surface area (Å²) in [6.45, 7) is 7.42. The largest absolute Gasteiger partial charge is 0.460 e. The van der Waals surface area contributed by atoms with Crippen LogP contribution >= 0.6 is 0 Å². The van der Waals surface area contributed by atoms with Crippen molar-refractivity contribution in [1.29, 1.82) is 0 Å². The molecule has 0 aliphatic heterocycles. The van der Waals surface area contributed by atoms with Gasteiger partial charge in [0.15, 0.2) is 0 Å². The molecular formula is C12H22O2. The van der Waals surface area contributed by atoms with E-state index < -0.39 is 0 Å². The zero-order valence-electron chi connectivity index (χ0n) is 9.80. The average Bonchev–Trinajstić information content (AvgIpc) is 2.01. The number of carbonyl (C=O) groups excluding carboxylic acids is 1. The highest BCUT2D eigenvalue weighted by atomic mass is 16.6. The number of allylic oxidation sites excluding steroid dienone is 2. The van der Waals surface area contributed by atoms with Crippen LogP contribution in [0.4, 0.5) is 0 Å². The molecule has 0 aromatic carbocycles. The summed E-state index contributed by atoms with van der Waals surface area (Å²) in [4.78, 5) is 10.8. The van der Waals surface area contributed by atoms with Gasteiger partial charge >= 0.3 is 5.97 Å². The lowest BCUT2D eigenvalue weighted by molar-refractivity contribution is -0.154. The van der Waals surface area contributed by atoms with E-state index in [0.29, 0.717) is 0 Å². The topological polar surface area (TPSA) is 26.3 Å². The summed E-state index contributed by atoms with van der Waals surface area (Å²) in [5, 5.41) is 0. The molecule has 0 aliphatic rings. The maximum absolute atomic E-state index is 10.8. The lowest BCUT2D eigenvalue weighted by Gasteiger charge is -2.24. The standard InChI is InChI=1S/C12H22O2/c1-5-6-7-8-9-10-12(3,4)14-11(2)13/h5-6H,7-10H2,1-4H3. The van der Waals surface area contributed by atoms with Crippen LogP contribution in [0.1, 0.15) is 53.4 Å². The van der Waals surface area contributed by atoms with E-state index in [1.54, 1.807) is 0 Å². The maximum atomic E-state index is 10.8. The van der Waals surface area contributed by atoms with E-state index in [4.69, 9.17) is 4.74 Å². The molecule has 0 unspecified atom stereocenters. The van der Waals surface area contributed by atoms with Crippen LogP contribution in [-0.2, 0) is 9.53 Å². The molecule has 0 saturated carbocycles. The summed E-state index contributed by atoms with van der Waals surface area (Å²) in [5.41, 5.74) is -0.304. The fraction of sp³-hybridized carbons (Fsp3) is 0.750. The number of rotatable bonds is 6. The first-order chi connectivity index (χ1) is 6.48. The first-order valence-corrected chi connectivity index (χ1v) is 5.28. The quantitative estimate of drug-likeness (QED) is 0.371. The molecule has 0 aliphatic carbocycles. The number of carbonyl (C=O) groups is 1. The highest BCUT2D eigenvalue weighted by molar-refractivity contribution is 5.66. The highest BCUT2D eigenvalue weighted by Crippen LogP contribution is 2.18. The minimum Gasteiger partial charge on any atom is -0.460 e. The number of unbranched alkanes of at least 4 members (excludes halogenated alkanes) is 2. The third-order valence-electron chi connectivity index (χ3n) is 2.06. The molecule has 0 rings (SSSR count). The monoisotopic (exact) mass is 198 g/mol. The molecule has 0 atom stereocenters. The molecule has 14 heavy (non-hydrogen) atoms. The summed E-state index contributed by atoms with van der Waals surface area (Å²) >= 11 is 0. The van der Waals surface area contributed by atoms with Gasteiger partial charge in [-0.2, -0.15) is 0 Å². The van der Waals surface area contributed by atoms with Crippen LogP contribution in [0.2, 0.25) is 0 Å². The summed E-state index contributed by atoms with van der Waals surface area (Å²) in [5.74, 6) is -0.191. The summed E-state index contributed by atoms with van der Waals surface area (Å²) < 4.78 is 5.19. The Hall–Kier alpha value is -0.790. The van der Waals surface area contributed by atoms with Crippen molar-refractivity contribution >= 4 is 5.97 Å². The van der Waals surface area contributed by atoms with Gasteiger partial charge in [0.2, 0.25) is 0 Å². The Kier molecular flexibility index (Phi) is 6.26. The second-order valence-electron chi connectivity index (χ2n) is 4.17. The molecule has 0 aromatic rings. The molecular weight excluding hydrogens is 176 g/mol. The third kappa shape index (κ3) is 7.84. The van der Waals surface area contributed by atoms with E-state index in [0.717, 1.165) is 25.7 Å². The zero-order valence-corrected chi connectivity index (χ0v) is 9.80. The lowest BCUT2D eigenvalue weighted by Crippen LogP contribution is -2.26. The molecule has 0 saturated heterocycles. The molecule has 0 bridgehead atoms. The molecule has 2 heteroatoms. The molecule has 0 spiro atoms. The molecule has 0 fully saturated rings. The maximum Gasteiger partial charge on any atom is 0.303 e. The van der Waals surface area contributed by atoms with Crippen LogP contribution in [0.15, 0.2) is 12.2 Å². The Bertz CT molecular complexity index is 192. The Balaban J connectivity index is 3.60. The van der Waals surface area contributed by atoms with E-state index in [9.17, 15) is 4.79 Å². The molecule has 0 aromatic heterocycles. The molecule has 2 nitrogen and oxygen atoms in total. The minimum absolute atomic E-state index is 0.191. The van der Waals surface area contributed by atoms with E-state index in [1.807, 2.05) is 20.8 Å². The van der Waals surface area contributed by atoms with Gasteiger partial charge in [-0.25, -0.2) is 0 Å². The Morgan fingerprint density at radius 3 is 2.50 bits per heavy atom. The summed E-state index contributed by atoms with van der Waals surface area (Å²) in [7, 11) is 0. The molecule has 0 amide bonds. The number of hydrogen-bond acceptors (Lipinski definition) is 2. The van der Waals surface area contributed by atoms with Crippen molar-refractivity contribution in [2.24, 2.45) is 0 Å². The Morgan fingerprint density at radius 2 is 2.00 bits per heavy atom. The number of ether oxygens (including phenoxy) is 1. The fourth-order valence-corrected chi connectivity index (χ4v) is 1.42. The second kappa shape index (κ2) is 6.63. The van der Waals surface area contributed by atoms with Gasteiger partial charge in [0.25, 0.3) is 0 Å². The normalized spacial score (nSPS) is 12.0. The van der Waals surface area contributed by atoms with Crippen LogP contribution in [-0.4, -0.2) is 11.6 Å². The van der Waals surface area contributed by atoms with Gasteiger partial charge in [-0.05, 0) is 46.5 Å². The van der Waals surface area contributed by atoms with E-state index >= 15 is 0 Å². The zero-order chi connectivity index (χ0) is 11.0. The van der Waals surface area contributed by atoms with Crippen molar-refractivity contribution in [1.82, 2.24) is 0 Å². The number of hydrogen-bond donors (Lipinski definition) is 0. The minimum atomic E-state index is -0.304. The molecule has 0 radical (unpaired) electrons. The van der Waals surface area contributed by atoms with E-state index in [1.165, 1.54) is 6.92 Å². The number of esters is 1. The Labute approximate surface area is 87.3 Å².